The van der Waals surface area contributed by atoms with Gasteiger partial charge in [0.25, 0.3) is 5.91 Å². The summed E-state index contributed by atoms with van der Waals surface area (Å²) in [6.45, 7) is 7.21. The number of nitrogens with one attached hydrogen (secondary N) is 2. The number of alkyl carbamates (subject to hydrolysis) is 1. The number of likely N-dealkylation sites (N-methyl/N-ethyl adjacent to an activating group) is 1. The summed E-state index contributed by atoms with van der Waals surface area (Å²) in [5, 5.41) is 5.62. The van der Waals surface area contributed by atoms with Crippen molar-refractivity contribution in [3.63, 3.8) is 0 Å². The van der Waals surface area contributed by atoms with Gasteiger partial charge in [0.2, 0.25) is 5.91 Å². The minimum absolute atomic E-state index is 0.226. The molecule has 2 N–H and O–H groups in total. The molecule has 39 heavy (non-hydrogen) atoms. The average Bonchev–Trinajstić information content (AvgIpc) is 2.89. The molecular formula is C31H37N3O5. The third kappa shape index (κ3) is 8.60. The SMILES string of the molecule is COc1ccc(NC(=O)C(c2ccc(C)cc2)N(C)C(=O)C(Cc2ccccc2)NC(=O)OC(C)(C)C)cc1. The van der Waals surface area contributed by atoms with Crippen molar-refractivity contribution in [3.8, 4) is 5.75 Å². The molecular weight excluding hydrogens is 494 g/mol. The van der Waals surface area contributed by atoms with Crippen LogP contribution in [0.25, 0.3) is 0 Å². The van der Waals surface area contributed by atoms with Gasteiger partial charge in [-0.3, -0.25) is 9.59 Å². The molecule has 0 saturated carbocycles. The summed E-state index contributed by atoms with van der Waals surface area (Å²) in [4.78, 5) is 41.6. The second-order valence-corrected chi connectivity index (χ2v) is 10.4. The number of rotatable bonds is 9. The predicted molar refractivity (Wildman–Crippen MR) is 152 cm³/mol. The van der Waals surface area contributed by atoms with Crippen LogP contribution in [0.3, 0.4) is 0 Å². The minimum Gasteiger partial charge on any atom is -0.497 e. The van der Waals surface area contributed by atoms with Gasteiger partial charge in [0, 0.05) is 19.2 Å². The van der Waals surface area contributed by atoms with Crippen LogP contribution in [0.1, 0.15) is 43.5 Å². The summed E-state index contributed by atoms with van der Waals surface area (Å²) in [7, 11) is 3.13. The van der Waals surface area contributed by atoms with Crippen molar-refractivity contribution in [2.75, 3.05) is 19.5 Å². The Morgan fingerprint density at radius 3 is 2.08 bits per heavy atom. The van der Waals surface area contributed by atoms with Crippen LogP contribution in [0.15, 0.2) is 78.9 Å². The molecule has 8 heteroatoms. The van der Waals surface area contributed by atoms with Crippen molar-refractivity contribution in [3.05, 3.63) is 95.6 Å². The van der Waals surface area contributed by atoms with E-state index in [0.717, 1.165) is 11.1 Å². The van der Waals surface area contributed by atoms with Crippen LogP contribution in [0.4, 0.5) is 10.5 Å². The number of nitrogens with zero attached hydrogens (tertiary/aromatic N) is 1. The molecule has 8 nitrogen and oxygen atoms in total. The Hall–Kier alpha value is -4.33. The summed E-state index contributed by atoms with van der Waals surface area (Å²) in [6.07, 6.45) is -0.482. The van der Waals surface area contributed by atoms with Gasteiger partial charge in [0.05, 0.1) is 7.11 Å². The van der Waals surface area contributed by atoms with Crippen molar-refractivity contribution in [2.24, 2.45) is 0 Å². The number of ether oxygens (including phenoxy) is 2. The highest BCUT2D eigenvalue weighted by atomic mass is 16.6. The van der Waals surface area contributed by atoms with E-state index in [2.05, 4.69) is 10.6 Å². The van der Waals surface area contributed by atoms with E-state index in [-0.39, 0.29) is 6.42 Å². The van der Waals surface area contributed by atoms with Gasteiger partial charge in [0.15, 0.2) is 0 Å². The summed E-state index contributed by atoms with van der Waals surface area (Å²) in [5.41, 5.74) is 2.34. The quantitative estimate of drug-likeness (QED) is 0.392. The molecule has 0 aliphatic heterocycles. The molecule has 3 rings (SSSR count). The normalized spacial score (nSPS) is 12.6. The lowest BCUT2D eigenvalue weighted by Gasteiger charge is -2.32. The average molecular weight is 532 g/mol. The van der Waals surface area contributed by atoms with Crippen LogP contribution in [0, 0.1) is 6.92 Å². The van der Waals surface area contributed by atoms with Crippen molar-refractivity contribution in [1.29, 1.82) is 0 Å². The Bertz CT molecular complexity index is 1250. The summed E-state index contributed by atoms with van der Waals surface area (Å²) < 4.78 is 10.6. The maximum atomic E-state index is 13.9. The Labute approximate surface area is 230 Å². The topological polar surface area (TPSA) is 97.0 Å². The molecule has 3 aromatic rings. The molecule has 0 heterocycles. The van der Waals surface area contributed by atoms with E-state index in [1.165, 1.54) is 4.90 Å². The van der Waals surface area contributed by atoms with Crippen molar-refractivity contribution < 1.29 is 23.9 Å². The van der Waals surface area contributed by atoms with Gasteiger partial charge >= 0.3 is 6.09 Å². The fraction of sp³-hybridized carbons (Fsp3) is 0.323. The molecule has 0 fully saturated rings. The summed E-state index contributed by atoms with van der Waals surface area (Å²) in [6, 6.07) is 21.8. The number of hydrogen-bond donors (Lipinski definition) is 2. The van der Waals surface area contributed by atoms with Gasteiger partial charge in [-0.05, 0) is 63.1 Å². The molecule has 0 bridgehead atoms. The van der Waals surface area contributed by atoms with Crippen LogP contribution < -0.4 is 15.4 Å². The molecule has 0 radical (unpaired) electrons. The number of aryl methyl sites for hydroxylation is 1. The van der Waals surface area contributed by atoms with E-state index in [1.54, 1.807) is 59.2 Å². The second-order valence-electron chi connectivity index (χ2n) is 10.4. The van der Waals surface area contributed by atoms with E-state index >= 15 is 0 Å². The molecule has 3 amide bonds. The highest BCUT2D eigenvalue weighted by molar-refractivity contribution is 5.99. The molecule has 0 aliphatic carbocycles. The molecule has 2 unspecified atom stereocenters. The lowest BCUT2D eigenvalue weighted by atomic mass is 10.00. The largest absolute Gasteiger partial charge is 0.497 e. The first-order valence-electron chi connectivity index (χ1n) is 12.8. The van der Waals surface area contributed by atoms with E-state index in [9.17, 15) is 14.4 Å². The van der Waals surface area contributed by atoms with Crippen molar-refractivity contribution in [1.82, 2.24) is 10.2 Å². The van der Waals surface area contributed by atoms with Crippen molar-refractivity contribution >= 4 is 23.6 Å². The van der Waals surface area contributed by atoms with Gasteiger partial charge in [-0.2, -0.15) is 0 Å². The Kier molecular flexibility index (Phi) is 9.71. The van der Waals surface area contributed by atoms with Crippen LogP contribution in [0.2, 0.25) is 0 Å². The number of hydrogen-bond acceptors (Lipinski definition) is 5. The van der Waals surface area contributed by atoms with E-state index < -0.39 is 35.6 Å². The van der Waals surface area contributed by atoms with Crippen LogP contribution in [0.5, 0.6) is 5.75 Å². The Morgan fingerprint density at radius 1 is 0.897 bits per heavy atom. The van der Waals surface area contributed by atoms with Gasteiger partial charge in [-0.1, -0.05) is 60.2 Å². The lowest BCUT2D eigenvalue weighted by molar-refractivity contribution is -0.139. The van der Waals surface area contributed by atoms with E-state index in [4.69, 9.17) is 9.47 Å². The maximum absolute atomic E-state index is 13.9. The van der Waals surface area contributed by atoms with Crippen LogP contribution in [-0.4, -0.2) is 48.6 Å². The monoisotopic (exact) mass is 531 g/mol. The number of anilines is 1. The summed E-state index contributed by atoms with van der Waals surface area (Å²) in [5.74, 6) is -0.164. The van der Waals surface area contributed by atoms with E-state index in [0.29, 0.717) is 17.0 Å². The fourth-order valence-corrected chi connectivity index (χ4v) is 4.06. The third-order valence-corrected chi connectivity index (χ3v) is 6.01. The number of carbonyl (C=O) groups excluding carboxylic acids is 3. The van der Waals surface area contributed by atoms with E-state index in [1.807, 2.05) is 61.5 Å². The highest BCUT2D eigenvalue weighted by Gasteiger charge is 2.34. The predicted octanol–water partition coefficient (Wildman–Crippen LogP) is 5.28. The Morgan fingerprint density at radius 2 is 1.51 bits per heavy atom. The first kappa shape index (κ1) is 29.2. The van der Waals surface area contributed by atoms with Crippen LogP contribution >= 0.6 is 0 Å². The minimum atomic E-state index is -0.964. The number of amides is 3. The number of carbonyl (C=O) groups is 3. The van der Waals surface area contributed by atoms with Gasteiger partial charge < -0.3 is 25.0 Å². The maximum Gasteiger partial charge on any atom is 0.408 e. The zero-order valence-corrected chi connectivity index (χ0v) is 23.4. The first-order chi connectivity index (χ1) is 18.5. The third-order valence-electron chi connectivity index (χ3n) is 6.01. The molecule has 0 spiro atoms. The standard InChI is InChI=1S/C31H37N3O5/c1-21-12-14-23(15-13-21)27(28(35)32-24-16-18-25(38-6)19-17-24)34(5)29(36)26(20-22-10-8-7-9-11-22)33-30(37)39-31(2,3)4/h7-19,26-27H,20H2,1-6H3,(H,32,35)(H,33,37). The molecule has 0 saturated heterocycles. The second kappa shape index (κ2) is 13.0. The molecule has 3 aromatic carbocycles. The van der Waals surface area contributed by atoms with Gasteiger partial charge in [-0.25, -0.2) is 4.79 Å². The lowest BCUT2D eigenvalue weighted by Crippen LogP contribution is -2.52. The first-order valence-corrected chi connectivity index (χ1v) is 12.8. The zero-order valence-electron chi connectivity index (χ0n) is 23.4. The fourth-order valence-electron chi connectivity index (χ4n) is 4.06. The number of benzene rings is 3. The van der Waals surface area contributed by atoms with Crippen molar-refractivity contribution in [2.45, 2.75) is 51.8 Å². The molecule has 0 aliphatic rings. The smallest absolute Gasteiger partial charge is 0.408 e. The molecule has 206 valence electrons. The van der Waals surface area contributed by atoms with Gasteiger partial charge in [-0.15, -0.1) is 0 Å². The Balaban J connectivity index is 1.92. The highest BCUT2D eigenvalue weighted by Crippen LogP contribution is 2.25. The summed E-state index contributed by atoms with van der Waals surface area (Å²) >= 11 is 0. The zero-order chi connectivity index (χ0) is 28.6. The molecule has 2 atom stereocenters. The van der Waals surface area contributed by atoms with Crippen LogP contribution in [-0.2, 0) is 20.7 Å². The number of methoxy groups -OCH3 is 1. The van der Waals surface area contributed by atoms with Gasteiger partial charge in [0.1, 0.15) is 23.4 Å². The molecule has 0 aromatic heterocycles.